The number of rotatable bonds is 37. The van der Waals surface area contributed by atoms with Crippen LogP contribution in [0.1, 0.15) is 98.0 Å². The standard InChI is InChI=1S/C50H68BN17O16S2/c1-26(2)17-35(51(83)84)66-44(77)27(3)62-48(81)34-21-56-31(20-57-34)25-86-85-16-15-53-37(70)22-60-46(79)32(10-12-40(73)74)65-39(72)24-61-47(80)33(11-13-41(75)76)64-38(71)23-58-36(69)5-4-14-54-45(78)28-6-8-29(9-7-28)55-18-30-19-59-43-42(63-30)49(82)68-50(52)67-43/h6-9,19-21,26-27,32-33,35,55,83-84H,4-5,10-18,22-25H2,1-3H3,(H,53,70)(H,54,78)(H,58,69)(H,60,79)(H,61,80)(H,62,81)(H,64,71)(H,65,72)(H,66,77)(H,73,74)(H,75,76)(H3,52,59,67,68,82). The van der Waals surface area contributed by atoms with Gasteiger partial charge >= 0.3 is 19.1 Å². The Morgan fingerprint density at radius 1 is 0.640 bits per heavy atom. The quantitative estimate of drug-likeness (QED) is 0.0119. The number of benzene rings is 1. The molecule has 0 radical (unpaired) electrons. The van der Waals surface area contributed by atoms with Crippen molar-refractivity contribution in [3.63, 3.8) is 0 Å². The van der Waals surface area contributed by atoms with E-state index in [1.165, 1.54) is 47.1 Å². The number of nitrogens with one attached hydrogen (secondary N) is 11. The smallest absolute Gasteiger partial charge is 0.475 e. The van der Waals surface area contributed by atoms with Crippen molar-refractivity contribution in [3.05, 3.63) is 75.9 Å². The number of nitrogens with zero attached hydrogens (tertiary/aromatic N) is 5. The first-order valence-corrected chi connectivity index (χ1v) is 29.1. The molecule has 86 heavy (non-hydrogen) atoms. The molecule has 3 heterocycles. The number of H-pyrrole nitrogens is 1. The zero-order valence-corrected chi connectivity index (χ0v) is 48.6. The number of amides is 9. The number of aliphatic carboxylic acids is 2. The highest BCUT2D eigenvalue weighted by Gasteiger charge is 2.29. The molecular weight excluding hydrogens is 1170 g/mol. The molecule has 33 nitrogen and oxygen atoms in total. The van der Waals surface area contributed by atoms with Crippen LogP contribution in [0.5, 0.6) is 0 Å². The molecule has 9 amide bonds. The third kappa shape index (κ3) is 25.9. The van der Waals surface area contributed by atoms with Crippen molar-refractivity contribution in [2.45, 2.75) is 102 Å². The van der Waals surface area contributed by atoms with E-state index in [9.17, 15) is 77.8 Å². The van der Waals surface area contributed by atoms with Gasteiger partial charge in [-0.15, -0.1) is 0 Å². The number of fused-ring (bicyclic) bond motifs is 1. The number of aromatic amines is 1. The Morgan fingerprint density at radius 3 is 1.85 bits per heavy atom. The van der Waals surface area contributed by atoms with E-state index >= 15 is 0 Å². The lowest BCUT2D eigenvalue weighted by Gasteiger charge is -2.22. The molecule has 36 heteroatoms. The van der Waals surface area contributed by atoms with Crippen LogP contribution in [0.3, 0.4) is 0 Å². The van der Waals surface area contributed by atoms with Crippen LogP contribution in [0.25, 0.3) is 11.2 Å². The number of hydrogen-bond donors (Lipinski definition) is 16. The fraction of sp³-hybridized carbons (Fsp3) is 0.460. The highest BCUT2D eigenvalue weighted by atomic mass is 33.1. The summed E-state index contributed by atoms with van der Waals surface area (Å²) in [6.07, 6.45) is 2.43. The molecule has 0 fully saturated rings. The van der Waals surface area contributed by atoms with E-state index in [2.05, 4.69) is 83.1 Å². The summed E-state index contributed by atoms with van der Waals surface area (Å²) in [7, 11) is 0.950. The summed E-state index contributed by atoms with van der Waals surface area (Å²) in [5.41, 5.74) is 7.02. The fourth-order valence-electron chi connectivity index (χ4n) is 7.36. The lowest BCUT2D eigenvalue weighted by atomic mass is 9.75. The van der Waals surface area contributed by atoms with Gasteiger partial charge in [0, 0.05) is 55.1 Å². The maximum Gasteiger partial charge on any atom is 0.475 e. The van der Waals surface area contributed by atoms with Gasteiger partial charge in [0.15, 0.2) is 11.2 Å². The van der Waals surface area contributed by atoms with Gasteiger partial charge < -0.3 is 79.2 Å². The van der Waals surface area contributed by atoms with Crippen LogP contribution in [-0.4, -0.2) is 185 Å². The highest BCUT2D eigenvalue weighted by Crippen LogP contribution is 2.24. The first-order valence-electron chi connectivity index (χ1n) is 26.6. The van der Waals surface area contributed by atoms with Crippen LogP contribution >= 0.6 is 21.6 Å². The lowest BCUT2D eigenvalue weighted by Crippen LogP contribution is -2.53. The molecule has 0 aliphatic rings. The normalized spacial score (nSPS) is 12.3. The second-order valence-corrected chi connectivity index (χ2v) is 21.9. The van der Waals surface area contributed by atoms with Gasteiger partial charge in [-0.1, -0.05) is 35.4 Å². The summed E-state index contributed by atoms with van der Waals surface area (Å²) in [5.74, 6) is -9.47. The Morgan fingerprint density at radius 2 is 1.26 bits per heavy atom. The second kappa shape index (κ2) is 36.0. The molecule has 0 saturated carbocycles. The van der Waals surface area contributed by atoms with E-state index in [0.29, 0.717) is 40.6 Å². The molecule has 4 rings (SSSR count). The molecule has 0 bridgehead atoms. The Labute approximate surface area is 498 Å². The Kier molecular flexibility index (Phi) is 29.0. The third-order valence-electron chi connectivity index (χ3n) is 11.8. The summed E-state index contributed by atoms with van der Waals surface area (Å²) < 4.78 is 0. The van der Waals surface area contributed by atoms with Crippen LogP contribution in [0.15, 0.2) is 47.7 Å². The van der Waals surface area contributed by atoms with Crippen LogP contribution in [0, 0.1) is 5.92 Å². The SMILES string of the molecule is CC(C)CC(NC(=O)C(C)NC(=O)c1cnc(CSSCCNC(=O)CNC(=O)C(CCC(=O)O)NC(=O)CNC(=O)C(CCC(=O)O)NC(=O)CNC(=O)CCCNC(=O)c2ccc(NCc3cnc4nc(N)[nH]c(=O)c4n3)cc2)cn1)B(O)O. The maximum absolute atomic E-state index is 13.1. The minimum Gasteiger partial charge on any atom is -0.481 e. The number of aromatic nitrogens is 6. The molecule has 4 unspecified atom stereocenters. The van der Waals surface area contributed by atoms with Gasteiger partial charge in [0.05, 0.1) is 62.1 Å². The summed E-state index contributed by atoms with van der Waals surface area (Å²) in [6.45, 7) is 3.62. The predicted octanol–water partition coefficient (Wildman–Crippen LogP) is -3.39. The van der Waals surface area contributed by atoms with Crippen LogP contribution < -0.4 is 64.5 Å². The zero-order valence-electron chi connectivity index (χ0n) is 46.9. The molecule has 0 aliphatic carbocycles. The number of carbonyl (C=O) groups is 11. The monoisotopic (exact) mass is 1240 g/mol. The van der Waals surface area contributed by atoms with E-state index in [1.54, 1.807) is 24.3 Å². The molecule has 1 aromatic carbocycles. The van der Waals surface area contributed by atoms with Gasteiger partial charge in [-0.2, -0.15) is 4.98 Å². The number of carbonyl (C=O) groups excluding carboxylic acids is 9. The average Bonchev–Trinajstić information content (AvgIpc) is 2.10. The molecule has 464 valence electrons. The molecule has 4 atom stereocenters. The van der Waals surface area contributed by atoms with Crippen LogP contribution in [0.4, 0.5) is 11.6 Å². The number of anilines is 2. The number of nitrogen functional groups attached to an aromatic ring is 1. The van der Waals surface area contributed by atoms with Gasteiger partial charge in [-0.3, -0.25) is 67.5 Å². The van der Waals surface area contributed by atoms with E-state index in [1.807, 2.05) is 13.8 Å². The van der Waals surface area contributed by atoms with E-state index in [-0.39, 0.29) is 61.2 Å². The van der Waals surface area contributed by atoms with E-state index in [0.717, 1.165) is 0 Å². The van der Waals surface area contributed by atoms with Gasteiger partial charge in [-0.05, 0) is 62.8 Å². The number of nitrogens with two attached hydrogens (primary N) is 1. The van der Waals surface area contributed by atoms with Crippen molar-refractivity contribution < 1.29 is 73.0 Å². The largest absolute Gasteiger partial charge is 0.481 e. The van der Waals surface area contributed by atoms with Crippen molar-refractivity contribution in [3.8, 4) is 0 Å². The summed E-state index contributed by atoms with van der Waals surface area (Å²) in [6, 6.07) is 2.45. The highest BCUT2D eigenvalue weighted by molar-refractivity contribution is 8.76. The second-order valence-electron chi connectivity index (χ2n) is 19.3. The zero-order chi connectivity index (χ0) is 63.3. The molecule has 0 saturated heterocycles. The maximum atomic E-state index is 13.1. The van der Waals surface area contributed by atoms with Crippen molar-refractivity contribution in [2.75, 3.05) is 49.5 Å². The Hall–Kier alpha value is -9.03. The summed E-state index contributed by atoms with van der Waals surface area (Å²) in [4.78, 5) is 172. The van der Waals surface area contributed by atoms with Gasteiger partial charge in [0.25, 0.3) is 17.4 Å². The summed E-state index contributed by atoms with van der Waals surface area (Å²) in [5, 5.41) is 62.5. The summed E-state index contributed by atoms with van der Waals surface area (Å²) >= 11 is 0. The van der Waals surface area contributed by atoms with E-state index < -0.39 is 147 Å². The van der Waals surface area contributed by atoms with E-state index in [4.69, 9.17) is 5.73 Å². The van der Waals surface area contributed by atoms with Crippen molar-refractivity contribution in [1.29, 1.82) is 0 Å². The molecule has 0 spiro atoms. The topological polar surface area (TPSA) is 512 Å². The predicted molar refractivity (Wildman–Crippen MR) is 312 cm³/mol. The van der Waals surface area contributed by atoms with Crippen molar-refractivity contribution in [2.24, 2.45) is 5.92 Å². The Bertz CT molecular complexity index is 3090. The lowest BCUT2D eigenvalue weighted by molar-refractivity contribution is -0.138. The average molecular weight is 1240 g/mol. The van der Waals surface area contributed by atoms with Crippen LogP contribution in [0.2, 0.25) is 0 Å². The van der Waals surface area contributed by atoms with Crippen LogP contribution in [-0.2, 0) is 55.4 Å². The van der Waals surface area contributed by atoms with Gasteiger partial charge in [-0.25, -0.2) is 15.0 Å². The molecule has 4 aromatic rings. The molecular formula is C50H68BN17O16S2. The van der Waals surface area contributed by atoms with Crippen molar-refractivity contribution in [1.82, 2.24) is 77.8 Å². The minimum absolute atomic E-state index is 0.0286. The first-order chi connectivity index (χ1) is 40.9. The number of hydrogen-bond acceptors (Lipinski definition) is 23. The van der Waals surface area contributed by atoms with Gasteiger partial charge in [0.1, 0.15) is 23.8 Å². The minimum atomic E-state index is -1.78. The van der Waals surface area contributed by atoms with Crippen molar-refractivity contribution >= 4 is 117 Å². The fourth-order valence-corrected chi connectivity index (χ4v) is 9.23. The number of carboxylic acids is 2. The van der Waals surface area contributed by atoms with Gasteiger partial charge in [0.2, 0.25) is 47.3 Å². The Balaban J connectivity index is 1.11. The molecule has 3 aromatic heterocycles. The third-order valence-corrected chi connectivity index (χ3v) is 14.1. The first kappa shape index (κ1) is 69.5. The molecule has 17 N–H and O–H groups in total. The number of carboxylic acid groups (broad SMARTS) is 2. The molecule has 0 aliphatic heterocycles.